The van der Waals surface area contributed by atoms with Gasteiger partial charge in [0.2, 0.25) is 0 Å². The van der Waals surface area contributed by atoms with Gasteiger partial charge in [0.15, 0.2) is 5.78 Å². The third-order valence-electron chi connectivity index (χ3n) is 3.75. The molecular formula is C20H25NO3. The fourth-order valence-electron chi connectivity index (χ4n) is 2.34. The van der Waals surface area contributed by atoms with Crippen molar-refractivity contribution in [3.63, 3.8) is 0 Å². The van der Waals surface area contributed by atoms with Crippen LogP contribution in [0.5, 0.6) is 5.75 Å². The van der Waals surface area contributed by atoms with Crippen LogP contribution >= 0.6 is 0 Å². The molecule has 0 heterocycles. The van der Waals surface area contributed by atoms with Crippen molar-refractivity contribution in [2.24, 2.45) is 0 Å². The summed E-state index contributed by atoms with van der Waals surface area (Å²) in [5, 5.41) is 13.2. The molecule has 0 aliphatic rings. The van der Waals surface area contributed by atoms with Crippen LogP contribution in [0.3, 0.4) is 0 Å². The summed E-state index contributed by atoms with van der Waals surface area (Å²) in [4.78, 5) is 11.6. The van der Waals surface area contributed by atoms with E-state index in [-0.39, 0.29) is 12.4 Å². The Morgan fingerprint density at radius 1 is 1.12 bits per heavy atom. The smallest absolute Gasteiger partial charge is 0.162 e. The molecule has 0 aromatic heterocycles. The van der Waals surface area contributed by atoms with Gasteiger partial charge in [-0.05, 0) is 42.8 Å². The fraction of sp³-hybridized carbons (Fsp3) is 0.350. The molecule has 0 amide bonds. The topological polar surface area (TPSA) is 58.6 Å². The number of hydrogen-bond acceptors (Lipinski definition) is 4. The van der Waals surface area contributed by atoms with E-state index in [2.05, 4.69) is 17.4 Å². The Hall–Kier alpha value is -2.17. The van der Waals surface area contributed by atoms with Gasteiger partial charge in [-0.3, -0.25) is 4.79 Å². The number of aliphatic hydroxyl groups is 1. The molecule has 4 heteroatoms. The minimum absolute atomic E-state index is 0.115. The first-order valence-corrected chi connectivity index (χ1v) is 8.37. The zero-order valence-corrected chi connectivity index (χ0v) is 14.1. The SMILES string of the molecule is CCC(=O)c1ccc(OCC(O)CNCCc2ccccc2)cc1. The van der Waals surface area contributed by atoms with Crippen LogP contribution in [0.1, 0.15) is 29.3 Å². The lowest BCUT2D eigenvalue weighted by Crippen LogP contribution is -2.32. The van der Waals surface area contributed by atoms with Crippen LogP contribution in [0.25, 0.3) is 0 Å². The van der Waals surface area contributed by atoms with Gasteiger partial charge in [-0.15, -0.1) is 0 Å². The van der Waals surface area contributed by atoms with E-state index in [9.17, 15) is 9.90 Å². The van der Waals surface area contributed by atoms with Crippen molar-refractivity contribution in [2.75, 3.05) is 19.7 Å². The average molecular weight is 327 g/mol. The molecule has 24 heavy (non-hydrogen) atoms. The molecule has 128 valence electrons. The number of rotatable bonds is 10. The Labute approximate surface area is 143 Å². The molecule has 0 saturated carbocycles. The van der Waals surface area contributed by atoms with Gasteiger partial charge >= 0.3 is 0 Å². The summed E-state index contributed by atoms with van der Waals surface area (Å²) in [5.74, 6) is 0.773. The highest BCUT2D eigenvalue weighted by atomic mass is 16.5. The van der Waals surface area contributed by atoms with Crippen LogP contribution in [0.15, 0.2) is 54.6 Å². The Morgan fingerprint density at radius 2 is 1.83 bits per heavy atom. The van der Waals surface area contributed by atoms with Crippen molar-refractivity contribution in [3.05, 3.63) is 65.7 Å². The number of Topliss-reactive ketones (excluding diaryl/α,β-unsaturated/α-hetero) is 1. The summed E-state index contributed by atoms with van der Waals surface area (Å²) in [6, 6.07) is 17.3. The Bertz CT molecular complexity index is 611. The maximum Gasteiger partial charge on any atom is 0.162 e. The van der Waals surface area contributed by atoms with Crippen LogP contribution in [0, 0.1) is 0 Å². The van der Waals surface area contributed by atoms with E-state index < -0.39 is 6.10 Å². The molecule has 0 bridgehead atoms. The molecular weight excluding hydrogens is 302 g/mol. The summed E-state index contributed by atoms with van der Waals surface area (Å²) in [7, 11) is 0. The monoisotopic (exact) mass is 327 g/mol. The number of hydrogen-bond donors (Lipinski definition) is 2. The number of nitrogens with one attached hydrogen (secondary N) is 1. The number of ketones is 1. The summed E-state index contributed by atoms with van der Waals surface area (Å²) in [6.45, 7) is 3.36. The summed E-state index contributed by atoms with van der Waals surface area (Å²) < 4.78 is 5.55. The van der Waals surface area contributed by atoms with E-state index in [0.29, 0.717) is 24.3 Å². The second-order valence-electron chi connectivity index (χ2n) is 5.71. The van der Waals surface area contributed by atoms with E-state index in [4.69, 9.17) is 4.74 Å². The normalized spacial score (nSPS) is 11.9. The molecule has 1 unspecified atom stereocenters. The maximum absolute atomic E-state index is 11.6. The van der Waals surface area contributed by atoms with Gasteiger partial charge in [0.05, 0.1) is 0 Å². The van der Waals surface area contributed by atoms with E-state index in [1.165, 1.54) is 5.56 Å². The predicted octanol–water partition coefficient (Wildman–Crippen LogP) is 2.85. The maximum atomic E-state index is 11.6. The van der Waals surface area contributed by atoms with Gasteiger partial charge in [0.25, 0.3) is 0 Å². The number of carbonyl (C=O) groups is 1. The van der Waals surface area contributed by atoms with E-state index in [1.54, 1.807) is 24.3 Å². The molecule has 0 aliphatic heterocycles. The predicted molar refractivity (Wildman–Crippen MR) is 95.6 cm³/mol. The molecule has 0 aliphatic carbocycles. The van der Waals surface area contributed by atoms with Gasteiger partial charge in [-0.2, -0.15) is 0 Å². The van der Waals surface area contributed by atoms with Gasteiger partial charge in [0.1, 0.15) is 18.5 Å². The molecule has 0 fully saturated rings. The summed E-state index contributed by atoms with van der Waals surface area (Å²) in [6.07, 6.45) is 0.854. The lowest BCUT2D eigenvalue weighted by molar-refractivity contribution is 0.0986. The van der Waals surface area contributed by atoms with Crippen molar-refractivity contribution < 1.29 is 14.6 Å². The zero-order valence-electron chi connectivity index (χ0n) is 14.1. The highest BCUT2D eigenvalue weighted by molar-refractivity contribution is 5.95. The van der Waals surface area contributed by atoms with Crippen molar-refractivity contribution in [2.45, 2.75) is 25.9 Å². The first-order valence-electron chi connectivity index (χ1n) is 8.37. The molecule has 2 aromatic rings. The third-order valence-corrected chi connectivity index (χ3v) is 3.75. The van der Waals surface area contributed by atoms with E-state index in [0.717, 1.165) is 13.0 Å². The standard InChI is InChI=1S/C20H25NO3/c1-2-20(23)17-8-10-19(11-9-17)24-15-18(22)14-21-13-12-16-6-4-3-5-7-16/h3-11,18,21-22H,2,12-15H2,1H3. The highest BCUT2D eigenvalue weighted by Gasteiger charge is 2.06. The Kier molecular flexibility index (Phi) is 7.46. The number of benzene rings is 2. The molecule has 4 nitrogen and oxygen atoms in total. The average Bonchev–Trinajstić information content (AvgIpc) is 2.64. The molecule has 2 aromatic carbocycles. The van der Waals surface area contributed by atoms with Gasteiger partial charge in [-0.1, -0.05) is 37.3 Å². The van der Waals surface area contributed by atoms with Crippen molar-refractivity contribution in [1.82, 2.24) is 5.32 Å². The lowest BCUT2D eigenvalue weighted by atomic mass is 10.1. The Morgan fingerprint density at radius 3 is 2.50 bits per heavy atom. The second kappa shape index (κ2) is 9.85. The minimum atomic E-state index is -0.572. The molecule has 0 saturated heterocycles. The van der Waals surface area contributed by atoms with Crippen molar-refractivity contribution in [1.29, 1.82) is 0 Å². The number of carbonyl (C=O) groups excluding carboxylic acids is 1. The van der Waals surface area contributed by atoms with Crippen molar-refractivity contribution in [3.8, 4) is 5.75 Å². The van der Waals surface area contributed by atoms with Crippen LogP contribution in [-0.4, -0.2) is 36.7 Å². The summed E-state index contributed by atoms with van der Waals surface area (Å²) in [5.41, 5.74) is 1.96. The quantitative estimate of drug-likeness (QED) is 0.520. The second-order valence-corrected chi connectivity index (χ2v) is 5.71. The van der Waals surface area contributed by atoms with Crippen LogP contribution in [0.2, 0.25) is 0 Å². The van der Waals surface area contributed by atoms with Crippen LogP contribution in [0.4, 0.5) is 0 Å². The highest BCUT2D eigenvalue weighted by Crippen LogP contribution is 2.13. The van der Waals surface area contributed by atoms with E-state index >= 15 is 0 Å². The van der Waals surface area contributed by atoms with Crippen LogP contribution in [-0.2, 0) is 6.42 Å². The molecule has 1 atom stereocenters. The van der Waals surface area contributed by atoms with E-state index in [1.807, 2.05) is 25.1 Å². The third kappa shape index (κ3) is 6.14. The molecule has 2 N–H and O–H groups in total. The van der Waals surface area contributed by atoms with Crippen LogP contribution < -0.4 is 10.1 Å². The lowest BCUT2D eigenvalue weighted by Gasteiger charge is -2.13. The molecule has 0 radical (unpaired) electrons. The summed E-state index contributed by atoms with van der Waals surface area (Å²) >= 11 is 0. The van der Waals surface area contributed by atoms with Gasteiger partial charge < -0.3 is 15.2 Å². The number of aliphatic hydroxyl groups excluding tert-OH is 1. The molecule has 0 spiro atoms. The zero-order chi connectivity index (χ0) is 17.2. The number of ether oxygens (including phenoxy) is 1. The minimum Gasteiger partial charge on any atom is -0.491 e. The molecule has 2 rings (SSSR count). The largest absolute Gasteiger partial charge is 0.491 e. The Balaban J connectivity index is 1.64. The van der Waals surface area contributed by atoms with Crippen molar-refractivity contribution >= 4 is 5.78 Å². The van der Waals surface area contributed by atoms with Gasteiger partial charge in [-0.25, -0.2) is 0 Å². The first kappa shape index (κ1) is 18.2. The first-order chi connectivity index (χ1) is 11.7. The van der Waals surface area contributed by atoms with Gasteiger partial charge in [0, 0.05) is 18.5 Å². The fourth-order valence-corrected chi connectivity index (χ4v) is 2.34.